The first-order valence-electron chi connectivity index (χ1n) is 9.31. The fourth-order valence-electron chi connectivity index (χ4n) is 2.49. The third-order valence-corrected chi connectivity index (χ3v) is 3.44. The van der Waals surface area contributed by atoms with Gasteiger partial charge in [0.15, 0.2) is 0 Å². The van der Waals surface area contributed by atoms with Crippen molar-refractivity contribution in [3.05, 3.63) is 0 Å². The van der Waals surface area contributed by atoms with Crippen LogP contribution < -0.4 is 10.6 Å². The van der Waals surface area contributed by atoms with Crippen molar-refractivity contribution in [3.8, 4) is 0 Å². The number of carbonyl (C=O) groups excluding carboxylic acids is 3. The maximum Gasteiger partial charge on any atom is 0.408 e. The summed E-state index contributed by atoms with van der Waals surface area (Å²) in [5.41, 5.74) is -1.08. The number of hydrogen-bond acceptors (Lipinski definition) is 5. The molecule has 0 rings (SSSR count). The van der Waals surface area contributed by atoms with Gasteiger partial charge in [-0.15, -0.1) is 0 Å². The van der Waals surface area contributed by atoms with Gasteiger partial charge in [0.1, 0.15) is 17.7 Å². The number of amides is 2. The number of alkyl carbamates (subject to hydrolysis) is 1. The van der Waals surface area contributed by atoms with E-state index in [2.05, 4.69) is 10.6 Å². The van der Waals surface area contributed by atoms with Crippen molar-refractivity contribution in [1.82, 2.24) is 10.6 Å². The van der Waals surface area contributed by atoms with Gasteiger partial charge < -0.3 is 20.1 Å². The van der Waals surface area contributed by atoms with E-state index in [-0.39, 0.29) is 10.8 Å². The number of carbonyl (C=O) groups is 3. The zero-order valence-electron chi connectivity index (χ0n) is 18.6. The van der Waals surface area contributed by atoms with Crippen LogP contribution in [0.5, 0.6) is 0 Å². The second kappa shape index (κ2) is 9.42. The van der Waals surface area contributed by atoms with E-state index in [0.29, 0.717) is 12.8 Å². The largest absolute Gasteiger partial charge is 0.467 e. The zero-order valence-corrected chi connectivity index (χ0v) is 18.6. The first-order chi connectivity index (χ1) is 11.9. The molecule has 0 aromatic rings. The number of nitrogens with one attached hydrogen (secondary N) is 2. The van der Waals surface area contributed by atoms with Gasteiger partial charge in [-0.25, -0.2) is 9.59 Å². The molecule has 2 amide bonds. The minimum absolute atomic E-state index is 0.190. The highest BCUT2D eigenvalue weighted by molar-refractivity contribution is 5.89. The normalized spacial score (nSPS) is 14.7. The summed E-state index contributed by atoms with van der Waals surface area (Å²) in [6.07, 6.45) is 0.138. The summed E-state index contributed by atoms with van der Waals surface area (Å²) in [4.78, 5) is 37.1. The van der Waals surface area contributed by atoms with Gasteiger partial charge in [0.25, 0.3) is 0 Å². The Bertz CT molecular complexity index is 524. The predicted molar refractivity (Wildman–Crippen MR) is 105 cm³/mol. The molecule has 158 valence electrons. The molecule has 0 heterocycles. The lowest BCUT2D eigenvalue weighted by Crippen LogP contribution is -2.54. The van der Waals surface area contributed by atoms with Gasteiger partial charge in [0.2, 0.25) is 5.91 Å². The number of ether oxygens (including phenoxy) is 2. The Kier molecular flexibility index (Phi) is 8.79. The number of rotatable bonds is 6. The van der Waals surface area contributed by atoms with Crippen molar-refractivity contribution in [2.24, 2.45) is 10.8 Å². The summed E-state index contributed by atoms with van der Waals surface area (Å²) in [5.74, 6) is -0.944. The molecule has 2 N–H and O–H groups in total. The van der Waals surface area contributed by atoms with Gasteiger partial charge in [0, 0.05) is 0 Å². The van der Waals surface area contributed by atoms with Gasteiger partial charge in [-0.1, -0.05) is 41.5 Å². The Balaban J connectivity index is 5.35. The van der Waals surface area contributed by atoms with Crippen molar-refractivity contribution >= 4 is 18.0 Å². The summed E-state index contributed by atoms with van der Waals surface area (Å²) in [6.45, 7) is 17.1. The number of methoxy groups -OCH3 is 1. The van der Waals surface area contributed by atoms with Crippen LogP contribution in [-0.2, 0) is 19.1 Å². The van der Waals surface area contributed by atoms with Crippen molar-refractivity contribution in [2.45, 2.75) is 92.8 Å². The standard InChI is InChI=1S/C20H38N2O5/c1-18(2,3)11-13(22-17(25)27-20(7,8)9)15(23)21-14(16(24)26-10)12-19(4,5)6/h13-14H,11-12H2,1-10H3,(H,21,23)(H,22,25)/t13-,14+/m1/s1. The third kappa shape index (κ3) is 12.3. The summed E-state index contributed by atoms with van der Waals surface area (Å²) in [7, 11) is 1.29. The van der Waals surface area contributed by atoms with E-state index < -0.39 is 35.7 Å². The maximum absolute atomic E-state index is 12.8. The highest BCUT2D eigenvalue weighted by atomic mass is 16.6. The summed E-state index contributed by atoms with van der Waals surface area (Å²) in [6, 6.07) is -1.61. The Labute approximate surface area is 163 Å². The van der Waals surface area contributed by atoms with Crippen LogP contribution in [0.4, 0.5) is 4.79 Å². The van der Waals surface area contributed by atoms with Crippen LogP contribution in [0.1, 0.15) is 75.2 Å². The quantitative estimate of drug-likeness (QED) is 0.682. The Morgan fingerprint density at radius 1 is 0.778 bits per heavy atom. The van der Waals surface area contributed by atoms with Crippen molar-refractivity contribution in [1.29, 1.82) is 0 Å². The fourth-order valence-corrected chi connectivity index (χ4v) is 2.49. The van der Waals surface area contributed by atoms with Crippen LogP contribution in [-0.4, -0.2) is 42.8 Å². The molecule has 0 bridgehead atoms. The van der Waals surface area contributed by atoms with Gasteiger partial charge in [0.05, 0.1) is 7.11 Å². The van der Waals surface area contributed by atoms with Crippen LogP contribution in [0, 0.1) is 10.8 Å². The fraction of sp³-hybridized carbons (Fsp3) is 0.850. The average Bonchev–Trinajstić information content (AvgIpc) is 2.39. The maximum atomic E-state index is 12.8. The van der Waals surface area contributed by atoms with Crippen LogP contribution in [0.3, 0.4) is 0 Å². The molecule has 0 aliphatic rings. The molecule has 0 aromatic heterocycles. The Hall–Kier alpha value is -1.79. The lowest BCUT2D eigenvalue weighted by molar-refractivity contribution is -0.146. The summed E-state index contributed by atoms with van der Waals surface area (Å²) < 4.78 is 10.1. The molecule has 0 aliphatic heterocycles. The van der Waals surface area contributed by atoms with Gasteiger partial charge in [-0.3, -0.25) is 4.79 Å². The molecule has 0 aliphatic carbocycles. The predicted octanol–water partition coefficient (Wildman–Crippen LogP) is 3.41. The molecule has 0 saturated heterocycles. The van der Waals surface area contributed by atoms with Gasteiger partial charge in [-0.05, 0) is 44.4 Å². The van der Waals surface area contributed by atoms with E-state index in [4.69, 9.17) is 9.47 Å². The molecule has 0 unspecified atom stereocenters. The number of hydrogen-bond donors (Lipinski definition) is 2. The molecule has 0 spiro atoms. The molecule has 0 fully saturated rings. The van der Waals surface area contributed by atoms with Crippen molar-refractivity contribution in [3.63, 3.8) is 0 Å². The highest BCUT2D eigenvalue weighted by Gasteiger charge is 2.33. The van der Waals surface area contributed by atoms with E-state index in [0.717, 1.165) is 0 Å². The monoisotopic (exact) mass is 386 g/mol. The molecular formula is C20H38N2O5. The molecule has 7 nitrogen and oxygen atoms in total. The van der Waals surface area contributed by atoms with E-state index >= 15 is 0 Å². The molecular weight excluding hydrogens is 348 g/mol. The smallest absolute Gasteiger partial charge is 0.408 e. The molecule has 0 saturated carbocycles. The lowest BCUT2D eigenvalue weighted by Gasteiger charge is -2.30. The van der Waals surface area contributed by atoms with Crippen LogP contribution in [0.15, 0.2) is 0 Å². The van der Waals surface area contributed by atoms with Crippen LogP contribution in [0.2, 0.25) is 0 Å². The second-order valence-corrected chi connectivity index (χ2v) is 10.3. The third-order valence-electron chi connectivity index (χ3n) is 3.44. The molecule has 0 aromatic carbocycles. The van der Waals surface area contributed by atoms with Gasteiger partial charge in [-0.2, -0.15) is 0 Å². The second-order valence-electron chi connectivity index (χ2n) is 10.3. The first-order valence-corrected chi connectivity index (χ1v) is 9.31. The van der Waals surface area contributed by atoms with Crippen molar-refractivity contribution < 1.29 is 23.9 Å². The molecule has 2 atom stereocenters. The highest BCUT2D eigenvalue weighted by Crippen LogP contribution is 2.23. The van der Waals surface area contributed by atoms with E-state index in [1.54, 1.807) is 20.8 Å². The van der Waals surface area contributed by atoms with Crippen LogP contribution in [0.25, 0.3) is 0 Å². The molecule has 7 heteroatoms. The first kappa shape index (κ1) is 25.2. The zero-order chi connectivity index (χ0) is 21.6. The number of esters is 1. The Morgan fingerprint density at radius 2 is 1.22 bits per heavy atom. The van der Waals surface area contributed by atoms with E-state index in [1.807, 2.05) is 41.5 Å². The summed E-state index contributed by atoms with van der Waals surface area (Å²) in [5, 5.41) is 5.36. The van der Waals surface area contributed by atoms with Gasteiger partial charge >= 0.3 is 12.1 Å². The minimum Gasteiger partial charge on any atom is -0.467 e. The van der Waals surface area contributed by atoms with E-state index in [1.165, 1.54) is 7.11 Å². The molecule has 27 heavy (non-hydrogen) atoms. The SMILES string of the molecule is COC(=O)[C@H](CC(C)(C)C)NC(=O)[C@@H](CC(C)(C)C)NC(=O)OC(C)(C)C. The Morgan fingerprint density at radius 3 is 1.59 bits per heavy atom. The van der Waals surface area contributed by atoms with Crippen LogP contribution >= 0.6 is 0 Å². The summed E-state index contributed by atoms with van der Waals surface area (Å²) >= 11 is 0. The topological polar surface area (TPSA) is 93.7 Å². The molecule has 0 radical (unpaired) electrons. The minimum atomic E-state index is -0.827. The van der Waals surface area contributed by atoms with E-state index in [9.17, 15) is 14.4 Å². The lowest BCUT2D eigenvalue weighted by atomic mass is 9.86. The average molecular weight is 387 g/mol. The van der Waals surface area contributed by atoms with Crippen molar-refractivity contribution in [2.75, 3.05) is 7.11 Å².